The number of hydrogen-bond acceptors (Lipinski definition) is 3. The van der Waals surface area contributed by atoms with Gasteiger partial charge in [0.2, 0.25) is 0 Å². The van der Waals surface area contributed by atoms with Gasteiger partial charge in [-0.15, -0.1) is 0 Å². The Labute approximate surface area is 75.3 Å². The van der Waals surface area contributed by atoms with E-state index in [-0.39, 0.29) is 11.3 Å². The maximum absolute atomic E-state index is 10.8. The highest BCUT2D eigenvalue weighted by atomic mass is 32.2. The van der Waals surface area contributed by atoms with Crippen molar-refractivity contribution in [2.45, 2.75) is 32.7 Å². The molecule has 0 rings (SSSR count). The van der Waals surface area contributed by atoms with Gasteiger partial charge in [0.1, 0.15) is 9.84 Å². The van der Waals surface area contributed by atoms with E-state index in [1.54, 1.807) is 0 Å². The Morgan fingerprint density at radius 2 is 1.83 bits per heavy atom. The van der Waals surface area contributed by atoms with Crippen LogP contribution < -0.4 is 5.73 Å². The highest BCUT2D eigenvalue weighted by Gasteiger charge is 2.23. The lowest BCUT2D eigenvalue weighted by Gasteiger charge is -2.28. The molecule has 4 heteroatoms. The van der Waals surface area contributed by atoms with Gasteiger partial charge in [-0.05, 0) is 19.3 Å². The van der Waals surface area contributed by atoms with Gasteiger partial charge in [0.15, 0.2) is 0 Å². The molecule has 0 fully saturated rings. The third-order valence-electron chi connectivity index (χ3n) is 2.33. The lowest BCUT2D eigenvalue weighted by Crippen LogP contribution is -2.43. The van der Waals surface area contributed by atoms with Gasteiger partial charge in [-0.25, -0.2) is 8.42 Å². The summed E-state index contributed by atoms with van der Waals surface area (Å²) in [4.78, 5) is 0. The van der Waals surface area contributed by atoms with Crippen LogP contribution in [-0.4, -0.2) is 26.0 Å². The maximum atomic E-state index is 10.8. The van der Waals surface area contributed by atoms with E-state index in [1.165, 1.54) is 6.26 Å². The first-order valence-corrected chi connectivity index (χ1v) is 6.18. The molecule has 74 valence electrons. The summed E-state index contributed by atoms with van der Waals surface area (Å²) in [5.74, 6) is 0.484. The number of nitrogens with two attached hydrogens (primary N) is 1. The molecule has 0 amide bonds. The fourth-order valence-corrected chi connectivity index (χ4v) is 1.50. The molecule has 1 atom stereocenters. The second-order valence-electron chi connectivity index (χ2n) is 4.04. The summed E-state index contributed by atoms with van der Waals surface area (Å²) < 4.78 is 21.7. The molecule has 1 unspecified atom stereocenters. The minimum absolute atomic E-state index is 0.179. The normalized spacial score (nSPS) is 17.8. The molecular weight excluding hydrogens is 174 g/mol. The van der Waals surface area contributed by atoms with Crippen LogP contribution in [0.2, 0.25) is 0 Å². The average Bonchev–Trinajstić information content (AvgIpc) is 1.82. The SMILES string of the molecule is CC(C)C(C)(N)CCS(C)(=O)=O. The summed E-state index contributed by atoms with van der Waals surface area (Å²) in [6.45, 7) is 5.90. The summed E-state index contributed by atoms with van der Waals surface area (Å²) in [6.07, 6.45) is 1.77. The lowest BCUT2D eigenvalue weighted by atomic mass is 9.87. The van der Waals surface area contributed by atoms with E-state index in [4.69, 9.17) is 5.73 Å². The molecule has 0 aliphatic heterocycles. The van der Waals surface area contributed by atoms with Gasteiger partial charge in [-0.1, -0.05) is 13.8 Å². The van der Waals surface area contributed by atoms with Crippen LogP contribution in [0.4, 0.5) is 0 Å². The summed E-state index contributed by atoms with van der Waals surface area (Å²) in [5.41, 5.74) is 5.53. The zero-order chi connectivity index (χ0) is 9.99. The van der Waals surface area contributed by atoms with E-state index >= 15 is 0 Å². The van der Waals surface area contributed by atoms with E-state index in [0.717, 1.165) is 0 Å². The zero-order valence-corrected chi connectivity index (χ0v) is 9.11. The van der Waals surface area contributed by atoms with E-state index in [0.29, 0.717) is 12.3 Å². The Kier molecular flexibility index (Phi) is 3.72. The summed E-state index contributed by atoms with van der Waals surface area (Å²) >= 11 is 0. The molecule has 0 bridgehead atoms. The van der Waals surface area contributed by atoms with E-state index < -0.39 is 9.84 Å². The van der Waals surface area contributed by atoms with Crippen LogP contribution in [0.1, 0.15) is 27.2 Å². The number of rotatable bonds is 4. The van der Waals surface area contributed by atoms with E-state index in [1.807, 2.05) is 20.8 Å². The Morgan fingerprint density at radius 1 is 1.42 bits per heavy atom. The molecule has 0 aliphatic carbocycles. The first-order valence-electron chi connectivity index (χ1n) is 4.12. The van der Waals surface area contributed by atoms with Crippen molar-refractivity contribution in [1.29, 1.82) is 0 Å². The largest absolute Gasteiger partial charge is 0.325 e. The first kappa shape index (κ1) is 11.9. The molecule has 0 saturated heterocycles. The molecule has 0 aromatic heterocycles. The minimum atomic E-state index is -2.87. The van der Waals surface area contributed by atoms with Crippen molar-refractivity contribution in [3.63, 3.8) is 0 Å². The van der Waals surface area contributed by atoms with Crippen molar-refractivity contribution in [3.8, 4) is 0 Å². The van der Waals surface area contributed by atoms with E-state index in [9.17, 15) is 8.42 Å². The smallest absolute Gasteiger partial charge is 0.147 e. The van der Waals surface area contributed by atoms with Crippen molar-refractivity contribution in [3.05, 3.63) is 0 Å². The highest BCUT2D eigenvalue weighted by Crippen LogP contribution is 2.17. The molecule has 0 radical (unpaired) electrons. The topological polar surface area (TPSA) is 60.2 Å². The van der Waals surface area contributed by atoms with Gasteiger partial charge in [-0.2, -0.15) is 0 Å². The van der Waals surface area contributed by atoms with Crippen molar-refractivity contribution in [2.24, 2.45) is 11.7 Å². The quantitative estimate of drug-likeness (QED) is 0.718. The monoisotopic (exact) mass is 193 g/mol. The third-order valence-corrected chi connectivity index (χ3v) is 3.28. The second kappa shape index (κ2) is 3.75. The van der Waals surface area contributed by atoms with Crippen molar-refractivity contribution in [2.75, 3.05) is 12.0 Å². The van der Waals surface area contributed by atoms with Gasteiger partial charge >= 0.3 is 0 Å². The fraction of sp³-hybridized carbons (Fsp3) is 1.00. The van der Waals surface area contributed by atoms with Crippen molar-refractivity contribution < 1.29 is 8.42 Å². The van der Waals surface area contributed by atoms with Gasteiger partial charge < -0.3 is 5.73 Å². The van der Waals surface area contributed by atoms with Gasteiger partial charge in [-0.3, -0.25) is 0 Å². The molecule has 0 aromatic carbocycles. The highest BCUT2D eigenvalue weighted by molar-refractivity contribution is 7.90. The number of hydrogen-bond donors (Lipinski definition) is 1. The average molecular weight is 193 g/mol. The van der Waals surface area contributed by atoms with Crippen LogP contribution in [-0.2, 0) is 9.84 Å². The van der Waals surface area contributed by atoms with Crippen molar-refractivity contribution in [1.82, 2.24) is 0 Å². The summed E-state index contributed by atoms with van der Waals surface area (Å²) in [5, 5.41) is 0. The van der Waals surface area contributed by atoms with Gasteiger partial charge in [0.05, 0.1) is 5.75 Å². The van der Waals surface area contributed by atoms with Crippen LogP contribution in [0.15, 0.2) is 0 Å². The van der Waals surface area contributed by atoms with Crippen LogP contribution in [0, 0.1) is 5.92 Å². The molecule has 12 heavy (non-hydrogen) atoms. The third kappa shape index (κ3) is 4.72. The predicted octanol–water partition coefficient (Wildman–Crippen LogP) is 0.795. The summed E-state index contributed by atoms with van der Waals surface area (Å²) in [6, 6.07) is 0. The van der Waals surface area contributed by atoms with Crippen molar-refractivity contribution >= 4 is 9.84 Å². The molecule has 2 N–H and O–H groups in total. The Hall–Kier alpha value is -0.0900. The Bertz CT molecular complexity index is 229. The lowest BCUT2D eigenvalue weighted by molar-refractivity contribution is 0.330. The zero-order valence-electron chi connectivity index (χ0n) is 8.29. The molecule has 0 spiro atoms. The maximum Gasteiger partial charge on any atom is 0.147 e. The molecule has 0 aliphatic rings. The Balaban J connectivity index is 4.10. The predicted molar refractivity (Wildman–Crippen MR) is 51.8 cm³/mol. The fourth-order valence-electron chi connectivity index (χ4n) is 0.694. The Morgan fingerprint density at radius 3 is 2.08 bits per heavy atom. The van der Waals surface area contributed by atoms with Crippen LogP contribution in [0.25, 0.3) is 0 Å². The standard InChI is InChI=1S/C8H19NO2S/c1-7(2)8(3,9)5-6-12(4,10)11/h7H,5-6,9H2,1-4H3. The van der Waals surface area contributed by atoms with Crippen LogP contribution in [0.5, 0.6) is 0 Å². The van der Waals surface area contributed by atoms with E-state index in [2.05, 4.69) is 0 Å². The molecule has 3 nitrogen and oxygen atoms in total. The number of sulfone groups is 1. The molecule has 0 saturated carbocycles. The van der Waals surface area contributed by atoms with Gasteiger partial charge in [0, 0.05) is 11.8 Å². The molecule has 0 aromatic rings. The second-order valence-corrected chi connectivity index (χ2v) is 6.30. The van der Waals surface area contributed by atoms with Gasteiger partial charge in [0.25, 0.3) is 0 Å². The van der Waals surface area contributed by atoms with Crippen LogP contribution in [0.3, 0.4) is 0 Å². The van der Waals surface area contributed by atoms with Crippen LogP contribution >= 0.6 is 0 Å². The summed E-state index contributed by atoms with van der Waals surface area (Å²) in [7, 11) is -2.87. The first-order chi connectivity index (χ1) is 5.15. The molecular formula is C8H19NO2S. The molecule has 0 heterocycles. The minimum Gasteiger partial charge on any atom is -0.325 e.